The molecule has 0 aliphatic heterocycles. The quantitative estimate of drug-likeness (QED) is 0.176. The van der Waals surface area contributed by atoms with E-state index in [1.807, 2.05) is 12.3 Å². The second-order valence-electron chi connectivity index (χ2n) is 14.6. The first-order chi connectivity index (χ1) is 28.2. The Morgan fingerprint density at radius 2 is 0.947 bits per heavy atom. The lowest BCUT2D eigenvalue weighted by molar-refractivity contribution is 1.16. The van der Waals surface area contributed by atoms with Crippen molar-refractivity contribution in [1.29, 1.82) is 0 Å². The lowest BCUT2D eigenvalue weighted by atomic mass is 10.0. The minimum atomic E-state index is 0.945. The van der Waals surface area contributed by atoms with E-state index in [-0.39, 0.29) is 0 Å². The summed E-state index contributed by atoms with van der Waals surface area (Å²) < 4.78 is 7.28. The third-order valence-corrected chi connectivity index (χ3v) is 12.5. The highest BCUT2D eigenvalue weighted by Crippen LogP contribution is 2.40. The molecule has 7 aromatic carbocycles. The predicted molar refractivity (Wildman–Crippen MR) is 240 cm³/mol. The molecule has 0 atom stereocenters. The van der Waals surface area contributed by atoms with Crippen molar-refractivity contribution in [3.8, 4) is 45.0 Å². The maximum absolute atomic E-state index is 5.17. The maximum atomic E-state index is 5.17. The lowest BCUT2D eigenvalue weighted by Gasteiger charge is -2.13. The van der Waals surface area contributed by atoms with Gasteiger partial charge in [-0.15, -0.1) is 11.3 Å². The van der Waals surface area contributed by atoms with Crippen LogP contribution in [0.25, 0.3) is 109 Å². The minimum Gasteiger partial charge on any atom is -0.309 e. The van der Waals surface area contributed by atoms with E-state index >= 15 is 0 Å². The van der Waals surface area contributed by atoms with Gasteiger partial charge in [0.2, 0.25) is 0 Å². The Morgan fingerprint density at radius 1 is 0.351 bits per heavy atom. The fourth-order valence-corrected chi connectivity index (χ4v) is 9.79. The molecular formula is C52H32N4S. The molecule has 0 fully saturated rings. The number of hydrogen-bond acceptors (Lipinski definition) is 3. The number of hydrogen-bond donors (Lipinski definition) is 0. The number of para-hydroxylation sites is 2. The van der Waals surface area contributed by atoms with Crippen molar-refractivity contribution in [2.45, 2.75) is 0 Å². The summed E-state index contributed by atoms with van der Waals surface area (Å²) in [5.41, 5.74) is 14.4. The molecule has 5 heterocycles. The van der Waals surface area contributed by atoms with Crippen molar-refractivity contribution < 1.29 is 0 Å². The van der Waals surface area contributed by atoms with E-state index in [1.54, 1.807) is 11.3 Å². The Labute approximate surface area is 332 Å². The molecule has 5 aromatic heterocycles. The van der Waals surface area contributed by atoms with Crippen LogP contribution in [-0.4, -0.2) is 19.1 Å². The smallest absolute Gasteiger partial charge is 0.0889 e. The van der Waals surface area contributed by atoms with Crippen molar-refractivity contribution in [3.63, 3.8) is 0 Å². The molecule has 0 bridgehead atoms. The molecule has 12 aromatic rings. The van der Waals surface area contributed by atoms with E-state index in [4.69, 9.17) is 9.97 Å². The van der Waals surface area contributed by atoms with Crippen molar-refractivity contribution in [1.82, 2.24) is 19.1 Å². The van der Waals surface area contributed by atoms with Crippen molar-refractivity contribution in [3.05, 3.63) is 194 Å². The molecule has 0 radical (unpaired) electrons. The fourth-order valence-electron chi connectivity index (χ4n) is 8.74. The largest absolute Gasteiger partial charge is 0.309 e. The van der Waals surface area contributed by atoms with Crippen LogP contribution in [0.2, 0.25) is 0 Å². The van der Waals surface area contributed by atoms with E-state index in [2.05, 4.69) is 191 Å². The van der Waals surface area contributed by atoms with Crippen LogP contribution < -0.4 is 0 Å². The molecule has 266 valence electrons. The number of fused-ring (bicyclic) bond motifs is 9. The Bertz CT molecular complexity index is 3460. The second kappa shape index (κ2) is 12.6. The average molecular weight is 745 g/mol. The summed E-state index contributed by atoms with van der Waals surface area (Å²) in [7, 11) is 0. The van der Waals surface area contributed by atoms with E-state index in [0.29, 0.717) is 0 Å². The lowest BCUT2D eigenvalue weighted by Crippen LogP contribution is -1.98. The van der Waals surface area contributed by atoms with Crippen LogP contribution in [0.5, 0.6) is 0 Å². The number of nitrogens with zero attached hydrogens (tertiary/aromatic N) is 4. The highest BCUT2D eigenvalue weighted by atomic mass is 32.1. The zero-order valence-corrected chi connectivity index (χ0v) is 31.5. The summed E-state index contributed by atoms with van der Waals surface area (Å²) in [6.07, 6.45) is 1.89. The summed E-state index contributed by atoms with van der Waals surface area (Å²) in [5.74, 6) is 0. The minimum absolute atomic E-state index is 0.945. The van der Waals surface area contributed by atoms with Crippen molar-refractivity contribution >= 4 is 75.3 Å². The number of rotatable bonds is 5. The van der Waals surface area contributed by atoms with Gasteiger partial charge in [0, 0.05) is 54.6 Å². The molecule has 12 rings (SSSR count). The van der Waals surface area contributed by atoms with Gasteiger partial charge in [-0.1, -0.05) is 115 Å². The normalized spacial score (nSPS) is 11.9. The standard InChI is InChI=1S/C52H32N4S/c1-3-12-33(13-4-1)44-31-38(32-45(54-44)34-14-5-2-6-15-34)56-47-19-10-8-17-40(47)42-28-35(22-25-48(42)56)36-21-24-41-39-16-7-9-18-46(39)55(49(41)29-36)37-23-26-50-43(30-37)52-51(57-50)20-11-27-53-52/h1-32H. The molecule has 0 spiro atoms. The first kappa shape index (κ1) is 32.0. The molecule has 5 heteroatoms. The first-order valence-corrected chi connectivity index (χ1v) is 20.0. The fraction of sp³-hybridized carbons (Fsp3) is 0. The van der Waals surface area contributed by atoms with Crippen molar-refractivity contribution in [2.75, 3.05) is 0 Å². The van der Waals surface area contributed by atoms with Gasteiger partial charge in [0.05, 0.1) is 49.4 Å². The molecule has 0 saturated heterocycles. The first-order valence-electron chi connectivity index (χ1n) is 19.2. The Hall–Kier alpha value is -7.34. The molecule has 0 saturated carbocycles. The number of aromatic nitrogens is 4. The maximum Gasteiger partial charge on any atom is 0.0889 e. The van der Waals surface area contributed by atoms with Gasteiger partial charge in [0.1, 0.15) is 0 Å². The Balaban J connectivity index is 1.05. The topological polar surface area (TPSA) is 35.6 Å². The second-order valence-corrected chi connectivity index (χ2v) is 15.7. The van der Waals surface area contributed by atoms with Gasteiger partial charge in [0.25, 0.3) is 0 Å². The summed E-state index contributed by atoms with van der Waals surface area (Å²) >= 11 is 1.80. The SMILES string of the molecule is c1ccc(-c2cc(-n3c4ccccc4c4cc(-c5ccc6c7ccccc7n(-c7ccc8sc9cccnc9c8c7)c6c5)ccc43)cc(-c3ccccc3)n2)cc1. The number of thiophene rings is 1. The van der Waals surface area contributed by atoms with Crippen LogP contribution in [0.1, 0.15) is 0 Å². The molecule has 57 heavy (non-hydrogen) atoms. The monoisotopic (exact) mass is 744 g/mol. The molecule has 0 unspecified atom stereocenters. The van der Waals surface area contributed by atoms with Gasteiger partial charge in [-0.25, -0.2) is 4.98 Å². The molecule has 0 aliphatic carbocycles. The van der Waals surface area contributed by atoms with Gasteiger partial charge >= 0.3 is 0 Å². The van der Waals surface area contributed by atoms with Gasteiger partial charge < -0.3 is 9.13 Å². The highest BCUT2D eigenvalue weighted by Gasteiger charge is 2.18. The number of pyridine rings is 2. The summed E-state index contributed by atoms with van der Waals surface area (Å²) in [5, 5.41) is 6.10. The third-order valence-electron chi connectivity index (χ3n) is 11.4. The average Bonchev–Trinajstić information content (AvgIpc) is 3.94. The van der Waals surface area contributed by atoms with Gasteiger partial charge in [-0.2, -0.15) is 0 Å². The molecule has 4 nitrogen and oxygen atoms in total. The molecular weight excluding hydrogens is 713 g/mol. The van der Waals surface area contributed by atoms with E-state index < -0.39 is 0 Å². The molecule has 0 aliphatic rings. The Kier molecular flexibility index (Phi) is 7.06. The highest BCUT2D eigenvalue weighted by molar-refractivity contribution is 7.25. The third kappa shape index (κ3) is 5.06. The van der Waals surface area contributed by atoms with Crippen molar-refractivity contribution in [2.24, 2.45) is 0 Å². The van der Waals surface area contributed by atoms with Crippen LogP contribution in [0.4, 0.5) is 0 Å². The van der Waals surface area contributed by atoms with Gasteiger partial charge in [-0.05, 0) is 83.9 Å². The Morgan fingerprint density at radius 3 is 1.68 bits per heavy atom. The van der Waals surface area contributed by atoms with Crippen LogP contribution in [-0.2, 0) is 0 Å². The summed E-state index contributed by atoms with van der Waals surface area (Å²) in [4.78, 5) is 9.94. The van der Waals surface area contributed by atoms with E-state index in [0.717, 1.165) is 50.4 Å². The summed E-state index contributed by atoms with van der Waals surface area (Å²) in [6, 6.07) is 67.7. The van der Waals surface area contributed by atoms with Crippen LogP contribution >= 0.6 is 11.3 Å². The predicted octanol–water partition coefficient (Wildman–Crippen LogP) is 14.0. The zero-order valence-electron chi connectivity index (χ0n) is 30.7. The zero-order chi connectivity index (χ0) is 37.5. The van der Waals surface area contributed by atoms with Gasteiger partial charge in [0.15, 0.2) is 0 Å². The van der Waals surface area contributed by atoms with Gasteiger partial charge in [-0.3, -0.25) is 4.98 Å². The molecule has 0 N–H and O–H groups in total. The van der Waals surface area contributed by atoms with E-state index in [9.17, 15) is 0 Å². The van der Waals surface area contributed by atoms with Crippen LogP contribution in [0.3, 0.4) is 0 Å². The number of benzene rings is 7. The van der Waals surface area contributed by atoms with E-state index in [1.165, 1.54) is 58.5 Å². The van der Waals surface area contributed by atoms with Crippen LogP contribution in [0.15, 0.2) is 194 Å². The molecule has 0 amide bonds. The summed E-state index contributed by atoms with van der Waals surface area (Å²) in [6.45, 7) is 0. The van der Waals surface area contributed by atoms with Crippen LogP contribution in [0, 0.1) is 0 Å².